The van der Waals surface area contributed by atoms with Crippen LogP contribution in [0.5, 0.6) is 0 Å². The van der Waals surface area contributed by atoms with Gasteiger partial charge in [0.25, 0.3) is 0 Å². The molecule has 1 N–H and O–H groups in total. The van der Waals surface area contributed by atoms with E-state index in [4.69, 9.17) is 5.11 Å². The first-order chi connectivity index (χ1) is 5.20. The van der Waals surface area contributed by atoms with Gasteiger partial charge < -0.3 is 5.11 Å². The fourth-order valence-electron chi connectivity index (χ4n) is 0.485. The normalized spacial score (nSPS) is 11.5. The first-order valence-electron chi connectivity index (χ1n) is 2.69. The molecule has 0 saturated carbocycles. The Morgan fingerprint density at radius 3 is 3.00 bits per heavy atom. The molecule has 0 aromatic carbocycles. The van der Waals surface area contributed by atoms with E-state index >= 15 is 0 Å². The molecular weight excluding hydrogens is 169 g/mol. The van der Waals surface area contributed by atoms with Gasteiger partial charge in [0.15, 0.2) is 0 Å². The Hall–Kier alpha value is -1.23. The van der Waals surface area contributed by atoms with Crippen LogP contribution in [0.2, 0.25) is 0 Å². The van der Waals surface area contributed by atoms with E-state index in [9.17, 15) is 9.18 Å². The van der Waals surface area contributed by atoms with Crippen LogP contribution >= 0.6 is 11.3 Å². The number of hydrogen-bond donors (Lipinski definition) is 1. The minimum Gasteiger partial charge on any atom is -0.476 e. The number of hydrogen-bond acceptors (Lipinski definition) is 3. The molecule has 0 unspecified atom stereocenters. The third-order valence-corrected chi connectivity index (χ3v) is 1.54. The van der Waals surface area contributed by atoms with Gasteiger partial charge in [-0.15, -0.1) is 11.3 Å². The number of halogens is 1. The molecule has 5 heteroatoms. The maximum absolute atomic E-state index is 12.3. The molecule has 0 atom stereocenters. The molecule has 11 heavy (non-hydrogen) atoms. The Kier molecular flexibility index (Phi) is 2.32. The van der Waals surface area contributed by atoms with Crippen molar-refractivity contribution >= 4 is 23.4 Å². The molecule has 1 heterocycles. The summed E-state index contributed by atoms with van der Waals surface area (Å²) in [7, 11) is 0. The average Bonchev–Trinajstić information content (AvgIpc) is 2.39. The summed E-state index contributed by atoms with van der Waals surface area (Å²) in [6.07, 6.45) is 0.874. The Morgan fingerprint density at radius 1 is 1.82 bits per heavy atom. The van der Waals surface area contributed by atoms with Gasteiger partial charge in [-0.25, -0.2) is 9.78 Å². The standard InChI is InChI=1S/C6H4FNO2S/c7-5(6(9)10)1-4-2-11-3-8-4/h1-3H,(H,9,10). The van der Waals surface area contributed by atoms with Gasteiger partial charge >= 0.3 is 5.97 Å². The van der Waals surface area contributed by atoms with Crippen LogP contribution in [0.1, 0.15) is 5.69 Å². The maximum atomic E-state index is 12.3. The first-order valence-corrected chi connectivity index (χ1v) is 3.63. The third-order valence-electron chi connectivity index (χ3n) is 0.930. The second-order valence-electron chi connectivity index (χ2n) is 1.71. The summed E-state index contributed by atoms with van der Waals surface area (Å²) in [5, 5.41) is 9.67. The lowest BCUT2D eigenvalue weighted by atomic mass is 10.4. The minimum atomic E-state index is -1.57. The largest absolute Gasteiger partial charge is 0.476 e. The fraction of sp³-hybridized carbons (Fsp3) is 0. The SMILES string of the molecule is O=C(O)C(F)=Cc1cscn1. The van der Waals surface area contributed by atoms with Crippen LogP contribution in [-0.2, 0) is 4.79 Å². The van der Waals surface area contributed by atoms with Crippen LogP contribution < -0.4 is 0 Å². The Bertz CT molecular complexity index is 281. The summed E-state index contributed by atoms with van der Waals surface area (Å²) in [5.41, 5.74) is 1.83. The quantitative estimate of drug-likeness (QED) is 0.690. The monoisotopic (exact) mass is 173 g/mol. The lowest BCUT2D eigenvalue weighted by Gasteiger charge is -1.84. The van der Waals surface area contributed by atoms with Crippen LogP contribution in [0.15, 0.2) is 16.7 Å². The molecule has 0 spiro atoms. The number of thiazole rings is 1. The van der Waals surface area contributed by atoms with Gasteiger partial charge in [0.05, 0.1) is 11.2 Å². The van der Waals surface area contributed by atoms with Crippen molar-refractivity contribution in [1.82, 2.24) is 4.98 Å². The minimum absolute atomic E-state index is 0.329. The van der Waals surface area contributed by atoms with Crippen molar-refractivity contribution in [3.8, 4) is 0 Å². The van der Waals surface area contributed by atoms with Crippen LogP contribution in [0.3, 0.4) is 0 Å². The Morgan fingerprint density at radius 2 is 2.55 bits per heavy atom. The summed E-state index contributed by atoms with van der Waals surface area (Å²) in [4.78, 5) is 13.6. The number of rotatable bonds is 2. The highest BCUT2D eigenvalue weighted by atomic mass is 32.1. The smallest absolute Gasteiger partial charge is 0.364 e. The predicted molar refractivity (Wildman–Crippen MR) is 38.8 cm³/mol. The second kappa shape index (κ2) is 3.25. The van der Waals surface area contributed by atoms with Crippen LogP contribution in [-0.4, -0.2) is 16.1 Å². The highest BCUT2D eigenvalue weighted by Crippen LogP contribution is 2.07. The number of carboxylic acids is 1. The van der Waals surface area contributed by atoms with E-state index < -0.39 is 11.8 Å². The summed E-state index contributed by atoms with van der Waals surface area (Å²) in [6.45, 7) is 0. The van der Waals surface area contributed by atoms with Gasteiger partial charge in [0, 0.05) is 11.5 Å². The van der Waals surface area contributed by atoms with E-state index in [0.717, 1.165) is 6.08 Å². The number of carbonyl (C=O) groups is 1. The molecule has 0 saturated heterocycles. The van der Waals surface area contributed by atoms with Gasteiger partial charge in [-0.1, -0.05) is 0 Å². The first kappa shape index (κ1) is 7.87. The molecule has 3 nitrogen and oxygen atoms in total. The topological polar surface area (TPSA) is 50.2 Å². The molecule has 0 bridgehead atoms. The lowest BCUT2D eigenvalue weighted by Crippen LogP contribution is -1.93. The molecule has 1 aromatic rings. The van der Waals surface area contributed by atoms with Crippen molar-refractivity contribution in [3.63, 3.8) is 0 Å². The molecule has 0 radical (unpaired) electrons. The van der Waals surface area contributed by atoms with Gasteiger partial charge in [0.1, 0.15) is 0 Å². The van der Waals surface area contributed by atoms with Gasteiger partial charge in [-0.3, -0.25) is 0 Å². The molecular formula is C6H4FNO2S. The summed E-state index contributed by atoms with van der Waals surface area (Å²) in [5.74, 6) is -2.77. The van der Waals surface area contributed by atoms with Crippen molar-refractivity contribution in [2.45, 2.75) is 0 Å². The lowest BCUT2D eigenvalue weighted by molar-refractivity contribution is -0.134. The number of aromatic nitrogens is 1. The molecule has 0 aliphatic carbocycles. The number of aliphatic carboxylic acids is 1. The van der Waals surface area contributed by atoms with Crippen molar-refractivity contribution in [1.29, 1.82) is 0 Å². The van der Waals surface area contributed by atoms with E-state index in [1.807, 2.05) is 0 Å². The van der Waals surface area contributed by atoms with Crippen molar-refractivity contribution in [3.05, 3.63) is 22.4 Å². The summed E-state index contributed by atoms with van der Waals surface area (Å²) < 4.78 is 12.3. The highest BCUT2D eigenvalue weighted by molar-refractivity contribution is 7.07. The maximum Gasteiger partial charge on any atom is 0.364 e. The molecule has 58 valence electrons. The molecule has 0 fully saturated rings. The van der Waals surface area contributed by atoms with Crippen LogP contribution in [0.25, 0.3) is 6.08 Å². The zero-order valence-electron chi connectivity index (χ0n) is 5.32. The third kappa shape index (κ3) is 2.12. The van der Waals surface area contributed by atoms with Gasteiger partial charge in [-0.05, 0) is 0 Å². The molecule has 0 aliphatic heterocycles. The van der Waals surface area contributed by atoms with Crippen molar-refractivity contribution in [2.24, 2.45) is 0 Å². The number of nitrogens with zero attached hydrogens (tertiary/aromatic N) is 1. The zero-order chi connectivity index (χ0) is 8.27. The summed E-state index contributed by atoms with van der Waals surface area (Å²) in [6, 6.07) is 0. The zero-order valence-corrected chi connectivity index (χ0v) is 6.14. The van der Waals surface area contributed by atoms with Crippen molar-refractivity contribution < 1.29 is 14.3 Å². The predicted octanol–water partition coefficient (Wildman–Crippen LogP) is 1.54. The highest BCUT2D eigenvalue weighted by Gasteiger charge is 2.04. The molecule has 1 rings (SSSR count). The van der Waals surface area contributed by atoms with Crippen molar-refractivity contribution in [2.75, 3.05) is 0 Å². The molecule has 1 aromatic heterocycles. The van der Waals surface area contributed by atoms with E-state index in [0.29, 0.717) is 5.69 Å². The Labute approximate surface area is 65.8 Å². The van der Waals surface area contributed by atoms with E-state index in [1.54, 1.807) is 5.38 Å². The van der Waals surface area contributed by atoms with E-state index in [1.165, 1.54) is 16.8 Å². The van der Waals surface area contributed by atoms with Gasteiger partial charge in [-0.2, -0.15) is 4.39 Å². The van der Waals surface area contributed by atoms with Crippen LogP contribution in [0, 0.1) is 0 Å². The van der Waals surface area contributed by atoms with Crippen LogP contribution in [0.4, 0.5) is 4.39 Å². The average molecular weight is 173 g/mol. The van der Waals surface area contributed by atoms with Gasteiger partial charge in [0.2, 0.25) is 5.83 Å². The fourth-order valence-corrected chi connectivity index (χ4v) is 0.996. The second-order valence-corrected chi connectivity index (χ2v) is 2.43. The Balaban J connectivity index is 2.82. The summed E-state index contributed by atoms with van der Waals surface area (Å²) >= 11 is 1.28. The van der Waals surface area contributed by atoms with E-state index in [-0.39, 0.29) is 0 Å². The number of carboxylic acid groups (broad SMARTS) is 1. The molecule has 0 amide bonds. The molecule has 0 aliphatic rings. The van der Waals surface area contributed by atoms with E-state index in [2.05, 4.69) is 4.98 Å².